The Morgan fingerprint density at radius 2 is 2.00 bits per heavy atom. The molecule has 6 heteroatoms. The van der Waals surface area contributed by atoms with Crippen LogP contribution in [0, 0.1) is 18.3 Å². The average molecular weight is 332 g/mol. The van der Waals surface area contributed by atoms with E-state index in [2.05, 4.69) is 27.3 Å². The lowest BCUT2D eigenvalue weighted by molar-refractivity contribution is 0.906. The van der Waals surface area contributed by atoms with E-state index in [1.165, 1.54) is 12.8 Å². The number of hydrogen-bond donors (Lipinski definition) is 1. The maximum atomic E-state index is 9.49. The molecule has 6 nitrogen and oxygen atoms in total. The molecule has 0 bridgehead atoms. The summed E-state index contributed by atoms with van der Waals surface area (Å²) in [6.45, 7) is 4.73. The minimum Gasteiger partial charge on any atom is -0.363 e. The Balaban J connectivity index is 1.63. The number of pyridine rings is 2. The van der Waals surface area contributed by atoms with Crippen LogP contribution >= 0.6 is 0 Å². The molecule has 0 radical (unpaired) electrons. The Morgan fingerprint density at radius 3 is 2.80 bits per heavy atom. The molecule has 0 aromatic carbocycles. The normalized spacial score (nSPS) is 14.0. The molecule has 126 valence electrons. The molecule has 3 aromatic rings. The second-order valence-electron chi connectivity index (χ2n) is 6.33. The number of hydrogen-bond acceptors (Lipinski definition) is 5. The van der Waals surface area contributed by atoms with Crippen LogP contribution < -0.4 is 10.2 Å². The predicted molar refractivity (Wildman–Crippen MR) is 97.7 cm³/mol. The molecule has 1 saturated heterocycles. The zero-order valence-electron chi connectivity index (χ0n) is 14.2. The molecule has 1 N–H and O–H groups in total. The van der Waals surface area contributed by atoms with Crippen LogP contribution in [0.3, 0.4) is 0 Å². The van der Waals surface area contributed by atoms with Crippen molar-refractivity contribution in [2.24, 2.45) is 0 Å². The minimum atomic E-state index is 0.526. The van der Waals surface area contributed by atoms with Crippen molar-refractivity contribution in [2.45, 2.75) is 26.3 Å². The molecule has 1 aliphatic rings. The quantitative estimate of drug-likeness (QED) is 0.795. The average Bonchev–Trinajstić information content (AvgIpc) is 3.28. The smallest absolute Gasteiger partial charge is 0.168 e. The lowest BCUT2D eigenvalue weighted by atomic mass is 10.2. The molecule has 0 spiro atoms. The number of imidazole rings is 1. The molecule has 1 fully saturated rings. The van der Waals surface area contributed by atoms with E-state index >= 15 is 0 Å². The zero-order chi connectivity index (χ0) is 17.2. The topological polar surface area (TPSA) is 69.2 Å². The third-order valence-electron chi connectivity index (χ3n) is 4.58. The molecular weight excluding hydrogens is 312 g/mol. The van der Waals surface area contributed by atoms with Gasteiger partial charge in [-0.15, -0.1) is 0 Å². The molecule has 25 heavy (non-hydrogen) atoms. The molecule has 0 saturated carbocycles. The number of nitriles is 1. The molecule has 3 aromatic heterocycles. The van der Waals surface area contributed by atoms with E-state index in [-0.39, 0.29) is 0 Å². The van der Waals surface area contributed by atoms with Crippen molar-refractivity contribution in [3.63, 3.8) is 0 Å². The molecular formula is C19H20N6. The minimum absolute atomic E-state index is 0.526. The second kappa shape index (κ2) is 6.44. The highest BCUT2D eigenvalue weighted by Gasteiger charge is 2.18. The standard InChI is InChI=1S/C19H20N6/c1-14-7-8-15(19(22-14)24-9-4-5-10-24)13-21-18-16(12-20)25-11-3-2-6-17(25)23-18/h2-3,6-8,11,21H,4-5,9-10,13H2,1H3. The third-order valence-corrected chi connectivity index (χ3v) is 4.58. The first kappa shape index (κ1) is 15.5. The van der Waals surface area contributed by atoms with Crippen LogP contribution in [0.5, 0.6) is 0 Å². The van der Waals surface area contributed by atoms with E-state index in [0.717, 1.165) is 35.8 Å². The Bertz CT molecular complexity index is 946. The summed E-state index contributed by atoms with van der Waals surface area (Å²) in [5.41, 5.74) is 3.45. The van der Waals surface area contributed by atoms with Gasteiger partial charge in [-0.3, -0.25) is 4.40 Å². The van der Waals surface area contributed by atoms with Gasteiger partial charge in [0.25, 0.3) is 0 Å². The van der Waals surface area contributed by atoms with Gasteiger partial charge in [-0.05, 0) is 38.0 Å². The molecule has 0 unspecified atom stereocenters. The van der Waals surface area contributed by atoms with Crippen molar-refractivity contribution >= 4 is 17.3 Å². The zero-order valence-corrected chi connectivity index (χ0v) is 14.2. The largest absolute Gasteiger partial charge is 0.363 e. The number of aromatic nitrogens is 3. The van der Waals surface area contributed by atoms with Gasteiger partial charge in [0.15, 0.2) is 11.5 Å². The Labute approximate surface area is 146 Å². The summed E-state index contributed by atoms with van der Waals surface area (Å²) in [6.07, 6.45) is 4.29. The van der Waals surface area contributed by atoms with E-state index < -0.39 is 0 Å². The maximum absolute atomic E-state index is 9.49. The second-order valence-corrected chi connectivity index (χ2v) is 6.33. The van der Waals surface area contributed by atoms with Gasteiger partial charge in [-0.25, -0.2) is 9.97 Å². The lowest BCUT2D eigenvalue weighted by Crippen LogP contribution is -2.22. The Kier molecular flexibility index (Phi) is 3.98. The Hall–Kier alpha value is -3.07. The highest BCUT2D eigenvalue weighted by molar-refractivity contribution is 5.60. The number of aryl methyl sites for hydroxylation is 1. The molecule has 0 atom stereocenters. The molecule has 0 amide bonds. The van der Waals surface area contributed by atoms with Crippen molar-refractivity contribution in [3.05, 3.63) is 53.5 Å². The van der Waals surface area contributed by atoms with E-state index in [4.69, 9.17) is 4.98 Å². The fraction of sp³-hybridized carbons (Fsp3) is 0.316. The first-order valence-electron chi connectivity index (χ1n) is 8.59. The number of rotatable bonds is 4. The van der Waals surface area contributed by atoms with Crippen LogP contribution in [-0.2, 0) is 6.54 Å². The fourth-order valence-electron chi connectivity index (χ4n) is 3.32. The molecule has 4 rings (SSSR count). The van der Waals surface area contributed by atoms with Crippen LogP contribution in [0.1, 0.15) is 29.8 Å². The number of nitrogens with one attached hydrogen (secondary N) is 1. The van der Waals surface area contributed by atoms with E-state index in [0.29, 0.717) is 18.1 Å². The van der Waals surface area contributed by atoms with Gasteiger partial charge in [0.1, 0.15) is 17.5 Å². The number of nitrogens with zero attached hydrogens (tertiary/aromatic N) is 5. The predicted octanol–water partition coefficient (Wildman–Crippen LogP) is 3.12. The molecule has 4 heterocycles. The third kappa shape index (κ3) is 2.89. The summed E-state index contributed by atoms with van der Waals surface area (Å²) in [4.78, 5) is 11.6. The summed E-state index contributed by atoms with van der Waals surface area (Å²) in [5, 5.41) is 12.8. The van der Waals surface area contributed by atoms with Crippen molar-refractivity contribution in [1.29, 1.82) is 5.26 Å². The molecule has 1 aliphatic heterocycles. The molecule has 0 aliphatic carbocycles. The highest BCUT2D eigenvalue weighted by atomic mass is 15.2. The van der Waals surface area contributed by atoms with Gasteiger partial charge >= 0.3 is 0 Å². The highest BCUT2D eigenvalue weighted by Crippen LogP contribution is 2.24. The van der Waals surface area contributed by atoms with E-state index in [1.807, 2.05) is 37.4 Å². The van der Waals surface area contributed by atoms with Crippen molar-refractivity contribution in [2.75, 3.05) is 23.3 Å². The van der Waals surface area contributed by atoms with Crippen LogP contribution in [-0.4, -0.2) is 27.5 Å². The first-order chi connectivity index (χ1) is 12.3. The summed E-state index contributed by atoms with van der Waals surface area (Å²) >= 11 is 0. The summed E-state index contributed by atoms with van der Waals surface area (Å²) < 4.78 is 1.80. The van der Waals surface area contributed by atoms with Crippen molar-refractivity contribution in [3.8, 4) is 6.07 Å². The van der Waals surface area contributed by atoms with E-state index in [9.17, 15) is 5.26 Å². The van der Waals surface area contributed by atoms with Gasteiger partial charge in [-0.1, -0.05) is 12.1 Å². The van der Waals surface area contributed by atoms with Gasteiger partial charge in [0.2, 0.25) is 0 Å². The van der Waals surface area contributed by atoms with Crippen LogP contribution in [0.4, 0.5) is 11.6 Å². The summed E-state index contributed by atoms with van der Waals surface area (Å²) in [6, 6.07) is 12.1. The summed E-state index contributed by atoms with van der Waals surface area (Å²) in [7, 11) is 0. The van der Waals surface area contributed by atoms with Gasteiger partial charge < -0.3 is 10.2 Å². The SMILES string of the molecule is Cc1ccc(CNc2nc3ccccn3c2C#N)c(N2CCCC2)n1. The number of anilines is 2. The van der Waals surface area contributed by atoms with Crippen LogP contribution in [0.15, 0.2) is 36.5 Å². The van der Waals surface area contributed by atoms with E-state index in [1.54, 1.807) is 4.40 Å². The maximum Gasteiger partial charge on any atom is 0.168 e. The fourth-order valence-corrected chi connectivity index (χ4v) is 3.32. The Morgan fingerprint density at radius 1 is 1.16 bits per heavy atom. The first-order valence-corrected chi connectivity index (χ1v) is 8.59. The van der Waals surface area contributed by atoms with Gasteiger partial charge in [0.05, 0.1) is 0 Å². The monoisotopic (exact) mass is 332 g/mol. The van der Waals surface area contributed by atoms with Crippen LogP contribution in [0.2, 0.25) is 0 Å². The van der Waals surface area contributed by atoms with Crippen molar-refractivity contribution in [1.82, 2.24) is 14.4 Å². The number of fused-ring (bicyclic) bond motifs is 1. The van der Waals surface area contributed by atoms with Crippen molar-refractivity contribution < 1.29 is 0 Å². The van der Waals surface area contributed by atoms with Crippen LogP contribution in [0.25, 0.3) is 5.65 Å². The van der Waals surface area contributed by atoms with Gasteiger partial charge in [0, 0.05) is 37.1 Å². The summed E-state index contributed by atoms with van der Waals surface area (Å²) in [5.74, 6) is 1.66. The lowest BCUT2D eigenvalue weighted by Gasteiger charge is -2.20. The van der Waals surface area contributed by atoms with Gasteiger partial charge in [-0.2, -0.15) is 5.26 Å².